The van der Waals surface area contributed by atoms with Crippen molar-refractivity contribution in [2.45, 2.75) is 26.5 Å². The molecule has 2 rings (SSSR count). The van der Waals surface area contributed by atoms with Crippen molar-refractivity contribution in [2.75, 3.05) is 7.11 Å². The van der Waals surface area contributed by atoms with E-state index < -0.39 is 28.6 Å². The molecule has 0 heterocycles. The normalized spacial score (nSPS) is 11.4. The molecule has 0 aliphatic carbocycles. The average molecular weight is 372 g/mol. The monoisotopic (exact) mass is 372 g/mol. The van der Waals surface area contributed by atoms with Crippen molar-refractivity contribution >= 4 is 17.6 Å². The van der Waals surface area contributed by atoms with Crippen LogP contribution < -0.4 is 10.1 Å². The average Bonchev–Trinajstić information content (AvgIpc) is 2.66. The lowest BCUT2D eigenvalue weighted by Crippen LogP contribution is -2.36. The van der Waals surface area contributed by atoms with Gasteiger partial charge in [0.05, 0.1) is 17.6 Å². The predicted molar refractivity (Wildman–Crippen MR) is 97.6 cm³/mol. The molecule has 2 aromatic carbocycles. The second-order valence-corrected chi connectivity index (χ2v) is 5.89. The van der Waals surface area contributed by atoms with Gasteiger partial charge < -0.3 is 14.8 Å². The van der Waals surface area contributed by atoms with Gasteiger partial charge in [-0.2, -0.15) is 0 Å². The van der Waals surface area contributed by atoms with E-state index in [9.17, 15) is 19.7 Å². The molecule has 0 aliphatic heterocycles. The van der Waals surface area contributed by atoms with E-state index in [0.29, 0.717) is 6.54 Å². The molecule has 0 bridgehead atoms. The first-order valence-corrected chi connectivity index (χ1v) is 8.18. The number of benzene rings is 2. The summed E-state index contributed by atoms with van der Waals surface area (Å²) in [6.07, 6.45) is -0.960. The van der Waals surface area contributed by atoms with Crippen LogP contribution in [0.1, 0.15) is 28.4 Å². The van der Waals surface area contributed by atoms with Crippen LogP contribution in [-0.2, 0) is 16.1 Å². The first-order chi connectivity index (χ1) is 12.8. The lowest BCUT2D eigenvalue weighted by molar-refractivity contribution is -0.386. The van der Waals surface area contributed by atoms with Gasteiger partial charge in [0.2, 0.25) is 0 Å². The van der Waals surface area contributed by atoms with E-state index in [1.165, 1.54) is 26.2 Å². The first-order valence-electron chi connectivity index (χ1n) is 8.18. The first kappa shape index (κ1) is 19.9. The van der Waals surface area contributed by atoms with E-state index in [1.54, 1.807) is 0 Å². The van der Waals surface area contributed by atoms with Gasteiger partial charge in [-0.1, -0.05) is 29.8 Å². The number of rotatable bonds is 7. The van der Waals surface area contributed by atoms with Crippen LogP contribution in [0.15, 0.2) is 42.5 Å². The largest absolute Gasteiger partial charge is 0.474 e. The Morgan fingerprint density at radius 2 is 1.85 bits per heavy atom. The second-order valence-electron chi connectivity index (χ2n) is 5.89. The summed E-state index contributed by atoms with van der Waals surface area (Å²) in [5.41, 5.74) is 1.64. The zero-order valence-electron chi connectivity index (χ0n) is 15.2. The van der Waals surface area contributed by atoms with E-state index in [0.717, 1.165) is 17.2 Å². The van der Waals surface area contributed by atoms with Crippen LogP contribution >= 0.6 is 0 Å². The standard InChI is InChI=1S/C19H20N2O6/c1-12-4-6-14(7-5-12)11-20-18(22)13(2)27-17-9-8-15(19(23)26-3)10-16(17)21(24)25/h4-10,13H,11H2,1-3H3,(H,20,22)/t13-/m1/s1. The molecule has 0 saturated heterocycles. The van der Waals surface area contributed by atoms with Crippen LogP contribution in [0.5, 0.6) is 5.75 Å². The Kier molecular flexibility index (Phi) is 6.48. The molecule has 0 spiro atoms. The summed E-state index contributed by atoms with van der Waals surface area (Å²) >= 11 is 0. The molecule has 8 nitrogen and oxygen atoms in total. The lowest BCUT2D eigenvalue weighted by Gasteiger charge is -2.15. The number of carbonyl (C=O) groups excluding carboxylic acids is 2. The van der Waals surface area contributed by atoms with Crippen molar-refractivity contribution in [3.63, 3.8) is 0 Å². The zero-order valence-corrected chi connectivity index (χ0v) is 15.2. The van der Waals surface area contributed by atoms with Crippen LogP contribution in [0.3, 0.4) is 0 Å². The smallest absolute Gasteiger partial charge is 0.338 e. The quantitative estimate of drug-likeness (QED) is 0.455. The minimum absolute atomic E-state index is 0.0213. The Labute approximate surface area is 156 Å². The predicted octanol–water partition coefficient (Wildman–Crippen LogP) is 2.77. The van der Waals surface area contributed by atoms with Crippen LogP contribution in [0.2, 0.25) is 0 Å². The summed E-state index contributed by atoms with van der Waals surface area (Å²) < 4.78 is 9.98. The summed E-state index contributed by atoms with van der Waals surface area (Å²) in [5, 5.41) is 14.0. The molecule has 1 N–H and O–H groups in total. The molecule has 0 radical (unpaired) electrons. The Bertz CT molecular complexity index is 848. The zero-order chi connectivity index (χ0) is 20.0. The summed E-state index contributed by atoms with van der Waals surface area (Å²) in [4.78, 5) is 34.3. The topological polar surface area (TPSA) is 108 Å². The molecule has 0 unspecified atom stereocenters. The summed E-state index contributed by atoms with van der Waals surface area (Å²) in [7, 11) is 1.18. The number of ether oxygens (including phenoxy) is 2. The summed E-state index contributed by atoms with van der Waals surface area (Å²) in [6, 6.07) is 11.3. The van der Waals surface area contributed by atoms with Gasteiger partial charge in [-0.3, -0.25) is 14.9 Å². The molecule has 0 aliphatic rings. The van der Waals surface area contributed by atoms with Gasteiger partial charge in [0, 0.05) is 12.6 Å². The fourth-order valence-electron chi connectivity index (χ4n) is 2.29. The molecule has 27 heavy (non-hydrogen) atoms. The number of nitro groups is 1. The molecular weight excluding hydrogens is 352 g/mol. The van der Waals surface area contributed by atoms with Crippen LogP contribution in [0, 0.1) is 17.0 Å². The van der Waals surface area contributed by atoms with Crippen molar-refractivity contribution in [2.24, 2.45) is 0 Å². The number of hydrogen-bond donors (Lipinski definition) is 1. The highest BCUT2D eigenvalue weighted by molar-refractivity contribution is 5.90. The van der Waals surface area contributed by atoms with Crippen LogP contribution in [-0.4, -0.2) is 30.0 Å². The number of hydrogen-bond acceptors (Lipinski definition) is 6. The van der Waals surface area contributed by atoms with E-state index in [1.807, 2.05) is 31.2 Å². The van der Waals surface area contributed by atoms with E-state index >= 15 is 0 Å². The molecule has 0 fully saturated rings. The van der Waals surface area contributed by atoms with Gasteiger partial charge in [0.15, 0.2) is 11.9 Å². The third-order valence-electron chi connectivity index (χ3n) is 3.84. The maximum atomic E-state index is 12.2. The van der Waals surface area contributed by atoms with Crippen molar-refractivity contribution in [3.05, 3.63) is 69.3 Å². The molecule has 0 aromatic heterocycles. The third kappa shape index (κ3) is 5.27. The van der Waals surface area contributed by atoms with E-state index in [-0.39, 0.29) is 11.3 Å². The van der Waals surface area contributed by atoms with Crippen LogP contribution in [0.4, 0.5) is 5.69 Å². The highest BCUT2D eigenvalue weighted by atomic mass is 16.6. The highest BCUT2D eigenvalue weighted by Gasteiger charge is 2.23. The number of methoxy groups -OCH3 is 1. The Hall–Kier alpha value is -3.42. The summed E-state index contributed by atoms with van der Waals surface area (Å²) in [5.74, 6) is -1.22. The van der Waals surface area contributed by atoms with E-state index in [2.05, 4.69) is 10.1 Å². The fraction of sp³-hybridized carbons (Fsp3) is 0.263. The summed E-state index contributed by atoms with van der Waals surface area (Å²) in [6.45, 7) is 3.77. The number of amides is 1. The molecule has 0 saturated carbocycles. The van der Waals surface area contributed by atoms with Gasteiger partial charge in [0.1, 0.15) is 0 Å². The fourth-order valence-corrected chi connectivity index (χ4v) is 2.29. The van der Waals surface area contributed by atoms with Crippen molar-refractivity contribution < 1.29 is 24.0 Å². The number of esters is 1. The second kappa shape index (κ2) is 8.79. The lowest BCUT2D eigenvalue weighted by atomic mass is 10.1. The minimum Gasteiger partial charge on any atom is -0.474 e. The Morgan fingerprint density at radius 1 is 1.19 bits per heavy atom. The molecular formula is C19H20N2O6. The Balaban J connectivity index is 2.06. The number of aryl methyl sites for hydroxylation is 1. The molecule has 1 atom stereocenters. The molecule has 142 valence electrons. The number of nitro benzene ring substituents is 1. The van der Waals surface area contributed by atoms with Gasteiger partial charge in [-0.05, 0) is 31.5 Å². The number of nitrogens with one attached hydrogen (secondary N) is 1. The van der Waals surface area contributed by atoms with Gasteiger partial charge in [0.25, 0.3) is 5.91 Å². The van der Waals surface area contributed by atoms with Crippen molar-refractivity contribution in [3.8, 4) is 5.75 Å². The van der Waals surface area contributed by atoms with Crippen molar-refractivity contribution in [1.82, 2.24) is 5.32 Å². The van der Waals surface area contributed by atoms with Crippen molar-refractivity contribution in [1.29, 1.82) is 0 Å². The molecule has 2 aromatic rings. The molecule has 1 amide bonds. The van der Waals surface area contributed by atoms with Gasteiger partial charge >= 0.3 is 11.7 Å². The molecule has 8 heteroatoms. The van der Waals surface area contributed by atoms with Gasteiger partial charge in [-0.25, -0.2) is 4.79 Å². The third-order valence-corrected chi connectivity index (χ3v) is 3.84. The Morgan fingerprint density at radius 3 is 2.44 bits per heavy atom. The maximum absolute atomic E-state index is 12.2. The van der Waals surface area contributed by atoms with Gasteiger partial charge in [-0.15, -0.1) is 0 Å². The minimum atomic E-state index is -0.960. The highest BCUT2D eigenvalue weighted by Crippen LogP contribution is 2.29. The van der Waals surface area contributed by atoms with E-state index in [4.69, 9.17) is 4.74 Å². The SMILES string of the molecule is COC(=O)c1ccc(O[C@H](C)C(=O)NCc2ccc(C)cc2)c([N+](=O)[O-])c1. The number of nitrogens with zero attached hydrogens (tertiary/aromatic N) is 1. The number of carbonyl (C=O) groups is 2. The van der Waals surface area contributed by atoms with Crippen LogP contribution in [0.25, 0.3) is 0 Å². The maximum Gasteiger partial charge on any atom is 0.338 e.